The Morgan fingerprint density at radius 3 is 2.56 bits per heavy atom. The highest BCUT2D eigenvalue weighted by atomic mass is 32.2. The van der Waals surface area contributed by atoms with Crippen molar-refractivity contribution < 1.29 is 13.3 Å². The fourth-order valence-corrected chi connectivity index (χ4v) is 0.505. The first-order valence-corrected chi connectivity index (χ1v) is 4.24. The standard InChI is InChI=1S/C3H10N2O3S/c1-9(6,7)5-8-3-2-4/h5H,2-4H2,1H3. The van der Waals surface area contributed by atoms with Gasteiger partial charge in [0, 0.05) is 6.54 Å². The van der Waals surface area contributed by atoms with E-state index >= 15 is 0 Å². The van der Waals surface area contributed by atoms with Gasteiger partial charge in [0.05, 0.1) is 12.9 Å². The van der Waals surface area contributed by atoms with Gasteiger partial charge in [-0.25, -0.2) is 8.42 Å². The molecule has 3 N–H and O–H groups in total. The van der Waals surface area contributed by atoms with Gasteiger partial charge in [0.1, 0.15) is 0 Å². The quantitative estimate of drug-likeness (QED) is 0.378. The largest absolute Gasteiger partial charge is 0.328 e. The Labute approximate surface area is 54.2 Å². The van der Waals surface area contributed by atoms with Gasteiger partial charge < -0.3 is 5.73 Å². The number of hydrogen-bond donors (Lipinski definition) is 2. The van der Waals surface area contributed by atoms with Gasteiger partial charge in [-0.15, -0.1) is 0 Å². The lowest BCUT2D eigenvalue weighted by Crippen LogP contribution is -2.25. The van der Waals surface area contributed by atoms with Crippen LogP contribution >= 0.6 is 0 Å². The molecule has 0 amide bonds. The van der Waals surface area contributed by atoms with Crippen LogP contribution in [-0.4, -0.2) is 27.8 Å². The van der Waals surface area contributed by atoms with Crippen molar-refractivity contribution in [2.45, 2.75) is 0 Å². The van der Waals surface area contributed by atoms with Crippen LogP contribution in [0.3, 0.4) is 0 Å². The first-order chi connectivity index (χ1) is 4.06. The Hall–Kier alpha value is -0.170. The van der Waals surface area contributed by atoms with Crippen molar-refractivity contribution >= 4 is 10.0 Å². The molecule has 0 aromatic carbocycles. The molecule has 0 aromatic heterocycles. The van der Waals surface area contributed by atoms with Crippen LogP contribution in [0.15, 0.2) is 0 Å². The summed E-state index contributed by atoms with van der Waals surface area (Å²) in [6.45, 7) is 0.482. The summed E-state index contributed by atoms with van der Waals surface area (Å²) in [6, 6.07) is 0. The van der Waals surface area contributed by atoms with Gasteiger partial charge in [-0.05, 0) is 0 Å². The molecule has 0 aliphatic heterocycles. The summed E-state index contributed by atoms with van der Waals surface area (Å²) in [5, 5.41) is 0. The highest BCUT2D eigenvalue weighted by Gasteiger charge is 1.96. The van der Waals surface area contributed by atoms with Gasteiger partial charge in [-0.3, -0.25) is 4.84 Å². The SMILES string of the molecule is CS(=O)(=O)NOCCN. The van der Waals surface area contributed by atoms with Crippen molar-refractivity contribution in [3.8, 4) is 0 Å². The van der Waals surface area contributed by atoms with E-state index in [1.54, 1.807) is 0 Å². The number of hydrogen-bond acceptors (Lipinski definition) is 4. The van der Waals surface area contributed by atoms with Gasteiger partial charge in [0.2, 0.25) is 10.0 Å². The minimum Gasteiger partial charge on any atom is -0.328 e. The summed E-state index contributed by atoms with van der Waals surface area (Å²) < 4.78 is 20.5. The minimum atomic E-state index is -3.22. The summed E-state index contributed by atoms with van der Waals surface area (Å²) in [7, 11) is -3.22. The fourth-order valence-electron chi connectivity index (χ4n) is 0.208. The Balaban J connectivity index is 3.30. The maximum absolute atomic E-state index is 10.2. The van der Waals surface area contributed by atoms with Crippen molar-refractivity contribution in [3.63, 3.8) is 0 Å². The second-order valence-electron chi connectivity index (χ2n) is 1.49. The Morgan fingerprint density at radius 2 is 2.22 bits per heavy atom. The third-order valence-corrected chi connectivity index (χ3v) is 0.851. The van der Waals surface area contributed by atoms with Gasteiger partial charge in [-0.2, -0.15) is 0 Å². The maximum atomic E-state index is 10.2. The van der Waals surface area contributed by atoms with E-state index in [4.69, 9.17) is 5.73 Å². The van der Waals surface area contributed by atoms with E-state index in [2.05, 4.69) is 4.84 Å². The number of rotatable bonds is 4. The molecule has 0 heterocycles. The van der Waals surface area contributed by atoms with Crippen LogP contribution in [0.25, 0.3) is 0 Å². The number of nitrogens with two attached hydrogens (primary N) is 1. The van der Waals surface area contributed by atoms with E-state index in [-0.39, 0.29) is 6.61 Å². The van der Waals surface area contributed by atoms with Gasteiger partial charge in [-0.1, -0.05) is 4.89 Å². The van der Waals surface area contributed by atoms with E-state index in [1.807, 2.05) is 4.89 Å². The molecule has 0 spiro atoms. The summed E-state index contributed by atoms with van der Waals surface area (Å²) in [4.78, 5) is 6.20. The van der Waals surface area contributed by atoms with Crippen LogP contribution in [0.2, 0.25) is 0 Å². The molecule has 0 radical (unpaired) electrons. The molecule has 6 heteroatoms. The Morgan fingerprint density at radius 1 is 1.67 bits per heavy atom. The predicted molar refractivity (Wildman–Crippen MR) is 33.0 cm³/mol. The molecule has 9 heavy (non-hydrogen) atoms. The topological polar surface area (TPSA) is 81.4 Å². The highest BCUT2D eigenvalue weighted by molar-refractivity contribution is 7.88. The van der Waals surface area contributed by atoms with E-state index in [0.717, 1.165) is 6.26 Å². The molecule has 56 valence electrons. The zero-order valence-electron chi connectivity index (χ0n) is 5.12. The molecule has 0 aliphatic rings. The van der Waals surface area contributed by atoms with Gasteiger partial charge in [0.15, 0.2) is 0 Å². The summed E-state index contributed by atoms with van der Waals surface area (Å²) in [5.74, 6) is 0. The molecule has 0 fully saturated rings. The monoisotopic (exact) mass is 154 g/mol. The lowest BCUT2D eigenvalue weighted by Gasteiger charge is -1.99. The third-order valence-electron chi connectivity index (χ3n) is 0.430. The smallest absolute Gasteiger partial charge is 0.230 e. The van der Waals surface area contributed by atoms with E-state index < -0.39 is 10.0 Å². The van der Waals surface area contributed by atoms with E-state index in [9.17, 15) is 8.42 Å². The first-order valence-electron chi connectivity index (χ1n) is 2.35. The molecule has 0 unspecified atom stereocenters. The predicted octanol–water partition coefficient (Wildman–Crippen LogP) is -1.57. The molecule has 0 saturated carbocycles. The zero-order valence-corrected chi connectivity index (χ0v) is 5.94. The third kappa shape index (κ3) is 7.83. The first kappa shape index (κ1) is 8.83. The second-order valence-corrected chi connectivity index (χ2v) is 3.20. The molecule has 0 bridgehead atoms. The molecule has 5 nitrogen and oxygen atoms in total. The average molecular weight is 154 g/mol. The van der Waals surface area contributed by atoms with Crippen LogP contribution in [0, 0.1) is 0 Å². The second kappa shape index (κ2) is 3.78. The summed E-state index contributed by atoms with van der Waals surface area (Å²) >= 11 is 0. The minimum absolute atomic E-state index is 0.188. The number of sulfonamides is 1. The molecule has 0 saturated heterocycles. The van der Waals surface area contributed by atoms with Crippen LogP contribution < -0.4 is 10.6 Å². The van der Waals surface area contributed by atoms with E-state index in [1.165, 1.54) is 0 Å². The summed E-state index contributed by atoms with van der Waals surface area (Å²) in [6.07, 6.45) is 1.00. The number of nitrogens with one attached hydrogen (secondary N) is 1. The van der Waals surface area contributed by atoms with Crippen LogP contribution in [0.1, 0.15) is 0 Å². The lowest BCUT2D eigenvalue weighted by atomic mass is 10.8. The van der Waals surface area contributed by atoms with Crippen molar-refractivity contribution in [2.75, 3.05) is 19.4 Å². The van der Waals surface area contributed by atoms with Gasteiger partial charge in [0.25, 0.3) is 0 Å². The van der Waals surface area contributed by atoms with Crippen molar-refractivity contribution in [1.29, 1.82) is 0 Å². The van der Waals surface area contributed by atoms with Gasteiger partial charge >= 0.3 is 0 Å². The van der Waals surface area contributed by atoms with Crippen molar-refractivity contribution in [1.82, 2.24) is 4.89 Å². The van der Waals surface area contributed by atoms with Crippen LogP contribution in [0.5, 0.6) is 0 Å². The summed E-state index contributed by atoms with van der Waals surface area (Å²) in [5.41, 5.74) is 5.00. The zero-order chi connectivity index (χ0) is 7.33. The van der Waals surface area contributed by atoms with E-state index in [0.29, 0.717) is 6.54 Å². The Bertz CT molecular complexity index is 152. The molecule has 0 rings (SSSR count). The molecular formula is C3H10N2O3S. The Kier molecular flexibility index (Phi) is 3.71. The normalized spacial score (nSPS) is 11.8. The van der Waals surface area contributed by atoms with Crippen LogP contribution in [0.4, 0.5) is 0 Å². The molecular weight excluding hydrogens is 144 g/mol. The van der Waals surface area contributed by atoms with Crippen molar-refractivity contribution in [3.05, 3.63) is 0 Å². The molecule has 0 aliphatic carbocycles. The maximum Gasteiger partial charge on any atom is 0.230 e. The average Bonchev–Trinajstić information content (AvgIpc) is 1.63. The lowest BCUT2D eigenvalue weighted by molar-refractivity contribution is 0.101. The fraction of sp³-hybridized carbons (Fsp3) is 1.00. The highest BCUT2D eigenvalue weighted by Crippen LogP contribution is 1.72. The van der Waals surface area contributed by atoms with Crippen LogP contribution in [-0.2, 0) is 14.9 Å². The van der Waals surface area contributed by atoms with Crippen molar-refractivity contribution in [2.24, 2.45) is 5.73 Å². The molecule has 0 atom stereocenters. The molecule has 0 aromatic rings.